The Hall–Kier alpha value is -0.660. The van der Waals surface area contributed by atoms with Crippen LogP contribution in [0.5, 0.6) is 0 Å². The molecule has 7 heteroatoms. The van der Waals surface area contributed by atoms with Gasteiger partial charge in [0.15, 0.2) is 0 Å². The fourth-order valence-electron chi connectivity index (χ4n) is 0.738. The molecule has 0 aromatic rings. The van der Waals surface area contributed by atoms with Gasteiger partial charge in [-0.2, -0.15) is 12.7 Å². The van der Waals surface area contributed by atoms with Gasteiger partial charge in [0.1, 0.15) is 6.04 Å². The Balaban J connectivity index is 2.64. The highest BCUT2D eigenvalue weighted by atomic mass is 32.2. The van der Waals surface area contributed by atoms with Crippen LogP contribution in [0.4, 0.5) is 0 Å². The maximum atomic E-state index is 10.9. The van der Waals surface area contributed by atoms with Gasteiger partial charge in [0, 0.05) is 13.6 Å². The number of hydrogen-bond acceptors (Lipinski definition) is 3. The molecule has 0 radical (unpaired) electrons. The van der Waals surface area contributed by atoms with E-state index in [1.165, 1.54) is 7.05 Å². The van der Waals surface area contributed by atoms with E-state index in [1.807, 2.05) is 0 Å². The summed E-state index contributed by atoms with van der Waals surface area (Å²) in [5, 5.41) is 0. The van der Waals surface area contributed by atoms with E-state index >= 15 is 0 Å². The SMILES string of the molecule is CNS(=O)(=O)N1CC1C(N)=O. The summed E-state index contributed by atoms with van der Waals surface area (Å²) >= 11 is 0. The lowest BCUT2D eigenvalue weighted by Crippen LogP contribution is -2.31. The van der Waals surface area contributed by atoms with Crippen molar-refractivity contribution in [3.8, 4) is 0 Å². The van der Waals surface area contributed by atoms with Gasteiger partial charge in [-0.25, -0.2) is 4.72 Å². The van der Waals surface area contributed by atoms with E-state index in [2.05, 4.69) is 4.72 Å². The van der Waals surface area contributed by atoms with Gasteiger partial charge in [-0.1, -0.05) is 0 Å². The van der Waals surface area contributed by atoms with Gasteiger partial charge < -0.3 is 5.73 Å². The lowest BCUT2D eigenvalue weighted by Gasteiger charge is -2.00. The summed E-state index contributed by atoms with van der Waals surface area (Å²) in [5.41, 5.74) is 4.87. The Bertz CT molecular complexity index is 272. The lowest BCUT2D eigenvalue weighted by molar-refractivity contribution is -0.117. The normalized spacial score (nSPS) is 29.9. The minimum absolute atomic E-state index is 0.193. The molecule has 0 spiro atoms. The number of carbonyl (C=O) groups is 1. The Morgan fingerprint density at radius 2 is 2.27 bits per heavy atom. The molecule has 1 saturated heterocycles. The molecule has 1 amide bonds. The molecule has 11 heavy (non-hydrogen) atoms. The Labute approximate surface area is 64.5 Å². The summed E-state index contributed by atoms with van der Waals surface area (Å²) < 4.78 is 24.8. The number of nitrogens with zero attached hydrogens (tertiary/aromatic N) is 1. The average molecular weight is 179 g/mol. The molecule has 0 bridgehead atoms. The molecule has 3 N–H and O–H groups in total. The highest BCUT2D eigenvalue weighted by molar-refractivity contribution is 7.87. The van der Waals surface area contributed by atoms with Gasteiger partial charge in [0.25, 0.3) is 10.2 Å². The highest BCUT2D eigenvalue weighted by Gasteiger charge is 2.47. The quantitative estimate of drug-likeness (QED) is 0.474. The predicted molar refractivity (Wildman–Crippen MR) is 37.7 cm³/mol. The monoisotopic (exact) mass is 179 g/mol. The number of hydrogen-bond donors (Lipinski definition) is 2. The molecule has 6 nitrogen and oxygen atoms in total. The van der Waals surface area contributed by atoms with Crippen molar-refractivity contribution in [2.24, 2.45) is 5.73 Å². The lowest BCUT2D eigenvalue weighted by atomic mass is 10.5. The minimum Gasteiger partial charge on any atom is -0.368 e. The van der Waals surface area contributed by atoms with Gasteiger partial charge in [-0.05, 0) is 0 Å². The molecule has 64 valence electrons. The Kier molecular flexibility index (Phi) is 1.87. The summed E-state index contributed by atoms with van der Waals surface area (Å²) in [6, 6.07) is -0.646. The molecule has 1 heterocycles. The first-order valence-electron chi connectivity index (χ1n) is 2.98. The minimum atomic E-state index is -3.44. The second kappa shape index (κ2) is 2.43. The van der Waals surface area contributed by atoms with Gasteiger partial charge in [-0.15, -0.1) is 0 Å². The second-order valence-corrected chi connectivity index (χ2v) is 4.02. The summed E-state index contributed by atoms with van der Waals surface area (Å²) in [6.45, 7) is 0.193. The van der Waals surface area contributed by atoms with Crippen LogP contribution in [0.1, 0.15) is 0 Å². The fraction of sp³-hybridized carbons (Fsp3) is 0.750. The number of amides is 1. The molecular formula is C4H9N3O3S. The third kappa shape index (κ3) is 1.50. The Morgan fingerprint density at radius 1 is 1.73 bits per heavy atom. The summed E-state index contributed by atoms with van der Waals surface area (Å²) in [7, 11) is -2.15. The molecule has 2 unspecified atom stereocenters. The molecule has 1 aliphatic heterocycles. The predicted octanol–water partition coefficient (Wildman–Crippen LogP) is -2.38. The van der Waals surface area contributed by atoms with E-state index in [0.717, 1.165) is 4.31 Å². The number of nitrogens with one attached hydrogen (secondary N) is 1. The van der Waals surface area contributed by atoms with Crippen molar-refractivity contribution in [1.29, 1.82) is 0 Å². The zero-order valence-electron chi connectivity index (χ0n) is 5.94. The largest absolute Gasteiger partial charge is 0.368 e. The van der Waals surface area contributed by atoms with E-state index in [-0.39, 0.29) is 6.54 Å². The van der Waals surface area contributed by atoms with Gasteiger partial charge in [0.05, 0.1) is 0 Å². The average Bonchev–Trinajstić information content (AvgIpc) is 2.65. The first kappa shape index (κ1) is 8.44. The van der Waals surface area contributed by atoms with Crippen molar-refractivity contribution >= 4 is 16.1 Å². The van der Waals surface area contributed by atoms with E-state index < -0.39 is 22.2 Å². The zero-order chi connectivity index (χ0) is 8.65. The molecule has 0 aliphatic carbocycles. The maximum absolute atomic E-state index is 10.9. The van der Waals surface area contributed by atoms with Crippen molar-refractivity contribution in [3.63, 3.8) is 0 Å². The van der Waals surface area contributed by atoms with Crippen molar-refractivity contribution in [2.75, 3.05) is 13.6 Å². The fourth-order valence-corrected chi connectivity index (χ4v) is 1.75. The number of rotatable bonds is 3. The number of carbonyl (C=O) groups excluding carboxylic acids is 1. The van der Waals surface area contributed by atoms with Crippen LogP contribution in [0, 0.1) is 0 Å². The molecule has 1 rings (SSSR count). The highest BCUT2D eigenvalue weighted by Crippen LogP contribution is 2.19. The standard InChI is InChI=1S/C4H9N3O3S/c1-6-11(9,10)7-2-3(7)4(5)8/h3,6H,2H2,1H3,(H2,5,8). The first-order chi connectivity index (χ1) is 4.99. The summed E-state index contributed by atoms with van der Waals surface area (Å²) in [6.07, 6.45) is 0. The maximum Gasteiger partial charge on any atom is 0.280 e. The smallest absolute Gasteiger partial charge is 0.280 e. The third-order valence-electron chi connectivity index (χ3n) is 1.46. The van der Waals surface area contributed by atoms with Crippen LogP contribution < -0.4 is 10.5 Å². The van der Waals surface area contributed by atoms with Gasteiger partial charge in [-0.3, -0.25) is 4.79 Å². The summed E-state index contributed by atoms with van der Waals surface area (Å²) in [4.78, 5) is 10.4. The van der Waals surface area contributed by atoms with E-state index in [0.29, 0.717) is 0 Å². The topological polar surface area (TPSA) is 92.3 Å². The van der Waals surface area contributed by atoms with Crippen LogP contribution in [0.3, 0.4) is 0 Å². The molecule has 2 atom stereocenters. The molecule has 0 aromatic carbocycles. The zero-order valence-corrected chi connectivity index (χ0v) is 6.76. The van der Waals surface area contributed by atoms with E-state index in [9.17, 15) is 13.2 Å². The van der Waals surface area contributed by atoms with E-state index in [4.69, 9.17) is 5.73 Å². The molecule has 1 aliphatic rings. The number of primary amides is 1. The van der Waals surface area contributed by atoms with Crippen LogP contribution in [0.25, 0.3) is 0 Å². The molecular weight excluding hydrogens is 170 g/mol. The van der Waals surface area contributed by atoms with Crippen LogP contribution >= 0.6 is 0 Å². The third-order valence-corrected chi connectivity index (χ3v) is 3.00. The number of nitrogens with two attached hydrogens (primary N) is 1. The van der Waals surface area contributed by atoms with E-state index in [1.54, 1.807) is 0 Å². The second-order valence-electron chi connectivity index (χ2n) is 2.20. The van der Waals surface area contributed by atoms with Crippen LogP contribution in [-0.4, -0.2) is 38.3 Å². The Morgan fingerprint density at radius 3 is 2.55 bits per heavy atom. The van der Waals surface area contributed by atoms with Crippen LogP contribution in [-0.2, 0) is 15.0 Å². The van der Waals surface area contributed by atoms with Crippen molar-refractivity contribution in [2.45, 2.75) is 6.04 Å². The van der Waals surface area contributed by atoms with Crippen molar-refractivity contribution < 1.29 is 13.2 Å². The van der Waals surface area contributed by atoms with Gasteiger partial charge in [0.2, 0.25) is 5.91 Å². The van der Waals surface area contributed by atoms with Crippen molar-refractivity contribution in [1.82, 2.24) is 9.03 Å². The molecule has 0 saturated carbocycles. The first-order valence-corrected chi connectivity index (χ1v) is 4.42. The molecule has 0 aromatic heterocycles. The van der Waals surface area contributed by atoms with Crippen LogP contribution in [0.2, 0.25) is 0 Å². The van der Waals surface area contributed by atoms with Gasteiger partial charge >= 0.3 is 0 Å². The van der Waals surface area contributed by atoms with Crippen molar-refractivity contribution in [3.05, 3.63) is 0 Å². The summed E-state index contributed by atoms with van der Waals surface area (Å²) in [5.74, 6) is -0.608. The molecule has 1 fully saturated rings. The van der Waals surface area contributed by atoms with Crippen LogP contribution in [0.15, 0.2) is 0 Å².